The van der Waals surface area contributed by atoms with Gasteiger partial charge in [-0.2, -0.15) is 0 Å². The summed E-state index contributed by atoms with van der Waals surface area (Å²) in [4.78, 5) is 12.1. The zero-order valence-electron chi connectivity index (χ0n) is 10.9. The summed E-state index contributed by atoms with van der Waals surface area (Å²) in [6.45, 7) is 1.45. The van der Waals surface area contributed by atoms with Gasteiger partial charge in [0.2, 0.25) is 12.7 Å². The molecular formula is C13H17ClN2O4. The first-order valence-corrected chi connectivity index (χ1v) is 6.32. The first kappa shape index (κ1) is 14.7. The number of carbonyl (C=O) groups is 1. The van der Waals surface area contributed by atoms with E-state index in [0.29, 0.717) is 36.1 Å². The molecular weight excluding hydrogens is 284 g/mol. The molecule has 2 heterocycles. The summed E-state index contributed by atoms with van der Waals surface area (Å²) in [5.74, 6) is 1.19. The van der Waals surface area contributed by atoms with Gasteiger partial charge in [-0.15, -0.1) is 12.4 Å². The molecule has 1 aromatic carbocycles. The lowest BCUT2D eigenvalue weighted by molar-refractivity contribution is -0.122. The molecule has 0 radical (unpaired) electrons. The fourth-order valence-electron chi connectivity index (χ4n) is 2.26. The summed E-state index contributed by atoms with van der Waals surface area (Å²) in [7, 11) is 0. The highest BCUT2D eigenvalue weighted by Gasteiger charge is 2.23. The van der Waals surface area contributed by atoms with E-state index < -0.39 is 0 Å². The van der Waals surface area contributed by atoms with E-state index in [1.54, 1.807) is 12.1 Å². The Kier molecular flexibility index (Phi) is 4.57. The lowest BCUT2D eigenvalue weighted by Crippen LogP contribution is -2.28. The average molecular weight is 301 g/mol. The molecule has 1 amide bonds. The van der Waals surface area contributed by atoms with Gasteiger partial charge in [-0.25, -0.2) is 0 Å². The molecule has 0 unspecified atom stereocenters. The van der Waals surface area contributed by atoms with E-state index in [1.165, 1.54) is 0 Å². The molecule has 0 saturated carbocycles. The molecule has 0 atom stereocenters. The van der Waals surface area contributed by atoms with Crippen LogP contribution in [0.1, 0.15) is 12.8 Å². The van der Waals surface area contributed by atoms with Crippen molar-refractivity contribution in [1.29, 1.82) is 0 Å². The topological polar surface area (TPSA) is 82.8 Å². The number of anilines is 2. The minimum absolute atomic E-state index is 0. The van der Waals surface area contributed by atoms with Crippen LogP contribution in [-0.4, -0.2) is 25.9 Å². The van der Waals surface area contributed by atoms with Crippen molar-refractivity contribution in [1.82, 2.24) is 0 Å². The smallest absolute Gasteiger partial charge is 0.231 e. The van der Waals surface area contributed by atoms with Gasteiger partial charge in [0, 0.05) is 31.3 Å². The third kappa shape index (κ3) is 2.91. The molecule has 6 nitrogen and oxygen atoms in total. The Morgan fingerprint density at radius 1 is 1.20 bits per heavy atom. The van der Waals surface area contributed by atoms with E-state index in [2.05, 4.69) is 5.32 Å². The number of halogens is 1. The molecule has 0 aromatic heterocycles. The van der Waals surface area contributed by atoms with Gasteiger partial charge < -0.3 is 25.3 Å². The number of fused-ring (bicyclic) bond motifs is 1. The predicted molar refractivity (Wildman–Crippen MR) is 76.4 cm³/mol. The highest BCUT2D eigenvalue weighted by atomic mass is 35.5. The minimum atomic E-state index is -0.0196. The number of nitrogens with two attached hydrogens (primary N) is 1. The molecule has 20 heavy (non-hydrogen) atoms. The van der Waals surface area contributed by atoms with Crippen LogP contribution < -0.4 is 20.5 Å². The number of benzene rings is 1. The Hall–Kier alpha value is -1.66. The maximum atomic E-state index is 12.1. The molecule has 3 N–H and O–H groups in total. The van der Waals surface area contributed by atoms with Crippen molar-refractivity contribution in [2.24, 2.45) is 5.92 Å². The van der Waals surface area contributed by atoms with Crippen LogP contribution in [0.3, 0.4) is 0 Å². The van der Waals surface area contributed by atoms with Gasteiger partial charge in [-0.05, 0) is 12.8 Å². The van der Waals surface area contributed by atoms with Gasteiger partial charge in [-0.3, -0.25) is 4.79 Å². The van der Waals surface area contributed by atoms with Crippen LogP contribution in [-0.2, 0) is 9.53 Å². The highest BCUT2D eigenvalue weighted by molar-refractivity contribution is 5.96. The van der Waals surface area contributed by atoms with E-state index in [1.807, 2.05) is 0 Å². The SMILES string of the molecule is Cl.Nc1cc2c(cc1NC(=O)C1CCOCC1)OCO2. The molecule has 0 bridgehead atoms. The van der Waals surface area contributed by atoms with Crippen molar-refractivity contribution >= 4 is 29.7 Å². The van der Waals surface area contributed by atoms with Crippen LogP contribution in [0, 0.1) is 5.92 Å². The number of rotatable bonds is 2. The fourth-order valence-corrected chi connectivity index (χ4v) is 2.26. The minimum Gasteiger partial charge on any atom is -0.454 e. The summed E-state index contributed by atoms with van der Waals surface area (Å²) in [5.41, 5.74) is 6.94. The normalized spacial score (nSPS) is 17.4. The van der Waals surface area contributed by atoms with E-state index >= 15 is 0 Å². The van der Waals surface area contributed by atoms with Crippen molar-refractivity contribution in [2.75, 3.05) is 31.1 Å². The second-order valence-electron chi connectivity index (χ2n) is 4.67. The zero-order chi connectivity index (χ0) is 13.2. The molecule has 7 heteroatoms. The molecule has 1 fully saturated rings. The monoisotopic (exact) mass is 300 g/mol. The molecule has 0 aliphatic carbocycles. The van der Waals surface area contributed by atoms with Gasteiger partial charge >= 0.3 is 0 Å². The van der Waals surface area contributed by atoms with E-state index in [9.17, 15) is 4.79 Å². The summed E-state index contributed by atoms with van der Waals surface area (Å²) in [5, 5.41) is 2.85. The van der Waals surface area contributed by atoms with E-state index in [0.717, 1.165) is 12.8 Å². The number of nitrogen functional groups attached to an aromatic ring is 1. The van der Waals surface area contributed by atoms with Crippen LogP contribution in [0.5, 0.6) is 11.5 Å². The number of ether oxygens (including phenoxy) is 3. The maximum absolute atomic E-state index is 12.1. The molecule has 1 aromatic rings. The van der Waals surface area contributed by atoms with Crippen LogP contribution in [0.25, 0.3) is 0 Å². The summed E-state index contributed by atoms with van der Waals surface area (Å²) >= 11 is 0. The van der Waals surface area contributed by atoms with Crippen molar-refractivity contribution in [3.8, 4) is 11.5 Å². The number of carbonyl (C=O) groups excluding carboxylic acids is 1. The Bertz CT molecular complexity index is 503. The van der Waals surface area contributed by atoms with Gasteiger partial charge in [0.1, 0.15) is 0 Å². The maximum Gasteiger partial charge on any atom is 0.231 e. The Balaban J connectivity index is 0.00000147. The number of hydrogen-bond donors (Lipinski definition) is 2. The van der Waals surface area contributed by atoms with Crippen LogP contribution in [0.4, 0.5) is 11.4 Å². The molecule has 0 spiro atoms. The Labute approximate surface area is 123 Å². The summed E-state index contributed by atoms with van der Waals surface area (Å²) < 4.78 is 15.7. The van der Waals surface area contributed by atoms with Crippen molar-refractivity contribution in [2.45, 2.75) is 12.8 Å². The third-order valence-corrected chi connectivity index (χ3v) is 3.39. The highest BCUT2D eigenvalue weighted by Crippen LogP contribution is 2.38. The quantitative estimate of drug-likeness (QED) is 0.814. The van der Waals surface area contributed by atoms with Crippen LogP contribution in [0.2, 0.25) is 0 Å². The molecule has 1 saturated heterocycles. The van der Waals surface area contributed by atoms with Crippen LogP contribution in [0.15, 0.2) is 12.1 Å². The first-order valence-electron chi connectivity index (χ1n) is 6.32. The second-order valence-corrected chi connectivity index (χ2v) is 4.67. The number of nitrogens with one attached hydrogen (secondary N) is 1. The van der Waals surface area contributed by atoms with Crippen molar-refractivity contribution in [3.05, 3.63) is 12.1 Å². The summed E-state index contributed by atoms with van der Waals surface area (Å²) in [6, 6.07) is 3.37. The molecule has 2 aliphatic heterocycles. The Morgan fingerprint density at radius 2 is 1.85 bits per heavy atom. The van der Waals surface area contributed by atoms with Crippen LogP contribution >= 0.6 is 12.4 Å². The second kappa shape index (κ2) is 6.19. The van der Waals surface area contributed by atoms with Gasteiger partial charge in [0.25, 0.3) is 0 Å². The standard InChI is InChI=1S/C13H16N2O4.ClH/c14-9-5-11-12(19-7-18-11)6-10(9)15-13(16)8-1-3-17-4-2-8;/h5-6,8H,1-4,7,14H2,(H,15,16);1H. The van der Waals surface area contributed by atoms with Gasteiger partial charge in [-0.1, -0.05) is 0 Å². The molecule has 110 valence electrons. The Morgan fingerprint density at radius 3 is 2.55 bits per heavy atom. The number of hydrogen-bond acceptors (Lipinski definition) is 5. The van der Waals surface area contributed by atoms with Crippen molar-refractivity contribution in [3.63, 3.8) is 0 Å². The first-order chi connectivity index (χ1) is 9.24. The van der Waals surface area contributed by atoms with Crippen molar-refractivity contribution < 1.29 is 19.0 Å². The third-order valence-electron chi connectivity index (χ3n) is 3.39. The predicted octanol–water partition coefficient (Wildman–Crippen LogP) is 1.78. The lowest BCUT2D eigenvalue weighted by atomic mass is 9.99. The number of amides is 1. The summed E-state index contributed by atoms with van der Waals surface area (Å²) in [6.07, 6.45) is 1.49. The van der Waals surface area contributed by atoms with E-state index in [4.69, 9.17) is 19.9 Å². The van der Waals surface area contributed by atoms with Gasteiger partial charge in [0.05, 0.1) is 11.4 Å². The largest absolute Gasteiger partial charge is 0.454 e. The van der Waals surface area contributed by atoms with Gasteiger partial charge in [0.15, 0.2) is 11.5 Å². The fraction of sp³-hybridized carbons (Fsp3) is 0.462. The van der Waals surface area contributed by atoms with E-state index in [-0.39, 0.29) is 31.0 Å². The average Bonchev–Trinajstić information content (AvgIpc) is 2.87. The molecule has 2 aliphatic rings. The lowest BCUT2D eigenvalue weighted by Gasteiger charge is -2.21. The zero-order valence-corrected chi connectivity index (χ0v) is 11.7. The molecule has 3 rings (SSSR count).